The first kappa shape index (κ1) is 16.9. The number of para-hydroxylation sites is 2. The molecule has 3 heteroatoms. The Balaban J connectivity index is 1.57. The molecule has 0 amide bonds. The largest absolute Gasteiger partial charge is 0.361 e. The van der Waals surface area contributed by atoms with E-state index in [1.165, 1.54) is 38.6 Å². The van der Waals surface area contributed by atoms with E-state index in [9.17, 15) is 0 Å². The maximum atomic E-state index is 3.44. The predicted octanol–water partition coefficient (Wildman–Crippen LogP) is 6.83. The summed E-state index contributed by atoms with van der Waals surface area (Å²) < 4.78 is 2.30. The van der Waals surface area contributed by atoms with Gasteiger partial charge in [0.25, 0.3) is 0 Å². The first-order valence-electron chi connectivity index (χ1n) is 10.2. The fraction of sp³-hybridized carbons (Fsp3) is 0.0370. The molecule has 0 fully saturated rings. The molecule has 0 aliphatic heterocycles. The first-order valence-corrected chi connectivity index (χ1v) is 10.2. The smallest absolute Gasteiger partial charge is 0.0470 e. The topological polar surface area (TPSA) is 36.5 Å². The van der Waals surface area contributed by atoms with E-state index in [1.807, 2.05) is 0 Å². The summed E-state index contributed by atoms with van der Waals surface area (Å²) in [6, 6.07) is 27.6. The molecule has 0 spiro atoms. The van der Waals surface area contributed by atoms with Crippen LogP contribution in [-0.2, 0) is 6.54 Å². The third-order valence-electron chi connectivity index (χ3n) is 5.85. The number of nitrogens with zero attached hydrogens (tertiary/aromatic N) is 1. The zero-order valence-corrected chi connectivity index (χ0v) is 16.5. The lowest BCUT2D eigenvalue weighted by Gasteiger charge is -2.02. The van der Waals surface area contributed by atoms with Gasteiger partial charge in [-0.15, -0.1) is 0 Å². The van der Waals surface area contributed by atoms with E-state index >= 15 is 0 Å². The van der Waals surface area contributed by atoms with Crippen LogP contribution in [0.5, 0.6) is 0 Å². The highest BCUT2D eigenvalue weighted by Gasteiger charge is 2.17. The van der Waals surface area contributed by atoms with Gasteiger partial charge in [-0.1, -0.05) is 66.7 Å². The summed E-state index contributed by atoms with van der Waals surface area (Å²) in [4.78, 5) is 6.88. The average Bonchev–Trinajstić information content (AvgIpc) is 3.50. The van der Waals surface area contributed by atoms with Gasteiger partial charge in [0, 0.05) is 75.4 Å². The van der Waals surface area contributed by atoms with Crippen LogP contribution in [0.3, 0.4) is 0 Å². The van der Waals surface area contributed by atoms with Crippen LogP contribution in [0.1, 0.15) is 5.56 Å². The maximum Gasteiger partial charge on any atom is 0.0470 e. The van der Waals surface area contributed by atoms with Crippen molar-refractivity contribution in [2.24, 2.45) is 0 Å². The Morgan fingerprint density at radius 1 is 0.533 bits per heavy atom. The highest BCUT2D eigenvalue weighted by Crippen LogP contribution is 2.39. The van der Waals surface area contributed by atoms with Gasteiger partial charge in [-0.25, -0.2) is 0 Å². The van der Waals surface area contributed by atoms with Crippen LogP contribution in [0, 0.1) is 0 Å². The van der Waals surface area contributed by atoms with E-state index < -0.39 is 0 Å². The van der Waals surface area contributed by atoms with Crippen LogP contribution in [-0.4, -0.2) is 14.5 Å². The monoisotopic (exact) mass is 387 g/mol. The van der Waals surface area contributed by atoms with E-state index in [4.69, 9.17) is 0 Å². The lowest BCUT2D eigenvalue weighted by atomic mass is 9.98. The Hall–Kier alpha value is -3.98. The van der Waals surface area contributed by atoms with E-state index in [0.29, 0.717) is 0 Å². The standard InChI is InChI=1S/C27H21N3/c1-2-8-19(9-3-1)16-30-17-24(22-14-28-26-12-6-4-10-20(22)26)25(18-30)23-15-29-27-13-7-5-11-21(23)27/h1-15,17-18,28-29H,16H2. The summed E-state index contributed by atoms with van der Waals surface area (Å²) in [7, 11) is 0. The van der Waals surface area contributed by atoms with Gasteiger partial charge in [-0.3, -0.25) is 0 Å². The molecule has 30 heavy (non-hydrogen) atoms. The summed E-state index contributed by atoms with van der Waals surface area (Å²) in [6.07, 6.45) is 8.82. The molecule has 0 atom stereocenters. The summed E-state index contributed by atoms with van der Waals surface area (Å²) in [5, 5.41) is 2.49. The quantitative estimate of drug-likeness (QED) is 0.332. The number of nitrogens with one attached hydrogen (secondary N) is 2. The summed E-state index contributed by atoms with van der Waals surface area (Å²) in [5.74, 6) is 0. The molecule has 3 nitrogen and oxygen atoms in total. The van der Waals surface area contributed by atoms with Crippen LogP contribution < -0.4 is 0 Å². The molecule has 144 valence electrons. The summed E-state index contributed by atoms with van der Waals surface area (Å²) >= 11 is 0. The number of rotatable bonds is 4. The first-order chi connectivity index (χ1) is 14.9. The van der Waals surface area contributed by atoms with Crippen molar-refractivity contribution in [2.75, 3.05) is 0 Å². The molecule has 0 aliphatic rings. The van der Waals surface area contributed by atoms with Gasteiger partial charge >= 0.3 is 0 Å². The van der Waals surface area contributed by atoms with Gasteiger partial charge in [0.2, 0.25) is 0 Å². The minimum atomic E-state index is 0.846. The molecule has 0 aliphatic carbocycles. The van der Waals surface area contributed by atoms with Gasteiger partial charge < -0.3 is 14.5 Å². The lowest BCUT2D eigenvalue weighted by molar-refractivity contribution is 0.807. The van der Waals surface area contributed by atoms with E-state index in [2.05, 4.69) is 118 Å². The molecular formula is C27H21N3. The Kier molecular flexibility index (Phi) is 3.85. The second-order valence-corrected chi connectivity index (χ2v) is 7.74. The third-order valence-corrected chi connectivity index (χ3v) is 5.85. The summed E-state index contributed by atoms with van der Waals surface area (Å²) in [5.41, 5.74) is 8.57. The molecule has 3 aromatic heterocycles. The Morgan fingerprint density at radius 2 is 1.03 bits per heavy atom. The van der Waals surface area contributed by atoms with E-state index in [0.717, 1.165) is 17.6 Å². The SMILES string of the molecule is c1ccc(Cn2cc(-c3c[nH]c4ccccc34)c(-c3c[nH]c4ccccc34)c2)cc1. The van der Waals surface area contributed by atoms with Crippen molar-refractivity contribution < 1.29 is 0 Å². The molecule has 3 aromatic carbocycles. The van der Waals surface area contributed by atoms with Crippen LogP contribution in [0.25, 0.3) is 44.1 Å². The highest BCUT2D eigenvalue weighted by molar-refractivity contribution is 6.04. The van der Waals surface area contributed by atoms with Crippen molar-refractivity contribution in [3.05, 3.63) is 109 Å². The number of hydrogen-bond acceptors (Lipinski definition) is 0. The van der Waals surface area contributed by atoms with Crippen molar-refractivity contribution >= 4 is 21.8 Å². The number of H-pyrrole nitrogens is 2. The fourth-order valence-corrected chi connectivity index (χ4v) is 4.41. The molecule has 6 rings (SSSR count). The lowest BCUT2D eigenvalue weighted by Crippen LogP contribution is -1.95. The zero-order valence-electron chi connectivity index (χ0n) is 16.5. The van der Waals surface area contributed by atoms with Crippen molar-refractivity contribution in [3.8, 4) is 22.3 Å². The van der Waals surface area contributed by atoms with Crippen molar-refractivity contribution in [1.29, 1.82) is 0 Å². The summed E-state index contributed by atoms with van der Waals surface area (Å²) in [6.45, 7) is 0.846. The molecule has 2 N–H and O–H groups in total. The Morgan fingerprint density at radius 3 is 1.60 bits per heavy atom. The van der Waals surface area contributed by atoms with E-state index in [-0.39, 0.29) is 0 Å². The highest BCUT2D eigenvalue weighted by atomic mass is 14.9. The Labute approximate surface area is 174 Å². The molecule has 0 radical (unpaired) electrons. The van der Waals surface area contributed by atoms with Crippen molar-refractivity contribution in [2.45, 2.75) is 6.54 Å². The minimum Gasteiger partial charge on any atom is -0.361 e. The van der Waals surface area contributed by atoms with Gasteiger partial charge in [-0.2, -0.15) is 0 Å². The molecular weight excluding hydrogens is 366 g/mol. The minimum absolute atomic E-state index is 0.846. The average molecular weight is 387 g/mol. The Bertz CT molecular complexity index is 1370. The van der Waals surface area contributed by atoms with Crippen molar-refractivity contribution in [1.82, 2.24) is 14.5 Å². The number of hydrogen-bond donors (Lipinski definition) is 2. The molecule has 0 saturated heterocycles. The number of benzene rings is 3. The van der Waals surface area contributed by atoms with Gasteiger partial charge in [-0.05, 0) is 17.7 Å². The van der Waals surface area contributed by atoms with Gasteiger partial charge in [0.1, 0.15) is 0 Å². The number of aromatic amines is 2. The van der Waals surface area contributed by atoms with Crippen molar-refractivity contribution in [3.63, 3.8) is 0 Å². The second-order valence-electron chi connectivity index (χ2n) is 7.74. The van der Waals surface area contributed by atoms with Crippen LogP contribution >= 0.6 is 0 Å². The molecule has 0 bridgehead atoms. The fourth-order valence-electron chi connectivity index (χ4n) is 4.41. The third kappa shape index (κ3) is 2.75. The molecule has 0 saturated carbocycles. The molecule has 3 heterocycles. The van der Waals surface area contributed by atoms with Crippen LogP contribution in [0.4, 0.5) is 0 Å². The zero-order chi connectivity index (χ0) is 19.9. The number of aromatic nitrogens is 3. The second kappa shape index (κ2) is 6.82. The van der Waals surface area contributed by atoms with E-state index in [1.54, 1.807) is 0 Å². The van der Waals surface area contributed by atoms with Gasteiger partial charge in [0.05, 0.1) is 0 Å². The molecule has 0 unspecified atom stereocenters. The van der Waals surface area contributed by atoms with Crippen LogP contribution in [0.2, 0.25) is 0 Å². The number of fused-ring (bicyclic) bond motifs is 2. The normalized spacial score (nSPS) is 11.5. The molecule has 6 aromatic rings. The predicted molar refractivity (Wildman–Crippen MR) is 125 cm³/mol. The maximum absolute atomic E-state index is 3.44. The van der Waals surface area contributed by atoms with Gasteiger partial charge in [0.15, 0.2) is 0 Å². The van der Waals surface area contributed by atoms with Crippen LogP contribution in [0.15, 0.2) is 104 Å².